The van der Waals surface area contributed by atoms with Gasteiger partial charge in [-0.25, -0.2) is 14.4 Å². The van der Waals surface area contributed by atoms with Crippen molar-refractivity contribution in [1.82, 2.24) is 14.7 Å². The van der Waals surface area contributed by atoms with Crippen LogP contribution in [0.3, 0.4) is 0 Å². The van der Waals surface area contributed by atoms with Crippen molar-refractivity contribution in [3.8, 4) is 0 Å². The molecule has 7 heteroatoms. The first-order valence-corrected chi connectivity index (χ1v) is 8.26. The number of aromatic nitrogens is 2. The standard InChI is InChI=1S/C19H15FN6/c20-13-5-1-2-6-14(13)23-19-17-9-4-10-25(17)15-7-3-8-16(18(15)24-19)26-12-21-11-22-26/h1-11H,12H2,(H,21,22)(H,23,24). The maximum atomic E-state index is 14.1. The van der Waals surface area contributed by atoms with Gasteiger partial charge in [0, 0.05) is 6.20 Å². The van der Waals surface area contributed by atoms with E-state index in [4.69, 9.17) is 4.98 Å². The monoisotopic (exact) mass is 346 g/mol. The quantitative estimate of drug-likeness (QED) is 0.594. The smallest absolute Gasteiger partial charge is 0.155 e. The lowest BCUT2D eigenvalue weighted by molar-refractivity contribution is 0.632. The predicted octanol–water partition coefficient (Wildman–Crippen LogP) is 3.68. The van der Waals surface area contributed by atoms with Crippen molar-refractivity contribution >= 4 is 40.1 Å². The van der Waals surface area contributed by atoms with Crippen molar-refractivity contribution in [3.63, 3.8) is 0 Å². The molecule has 0 bridgehead atoms. The molecule has 0 unspecified atom stereocenters. The molecule has 0 aliphatic carbocycles. The highest BCUT2D eigenvalue weighted by Gasteiger charge is 2.16. The van der Waals surface area contributed by atoms with Crippen LogP contribution in [-0.2, 0) is 0 Å². The summed E-state index contributed by atoms with van der Waals surface area (Å²) in [6, 6.07) is 16.5. The Morgan fingerprint density at radius 2 is 1.88 bits per heavy atom. The molecule has 0 atom stereocenters. The number of hydrogen-bond donors (Lipinski definition) is 2. The topological polar surface area (TPSA) is 57.0 Å². The zero-order valence-corrected chi connectivity index (χ0v) is 13.7. The zero-order chi connectivity index (χ0) is 17.5. The van der Waals surface area contributed by atoms with E-state index in [0.717, 1.165) is 22.2 Å². The Hall–Kier alpha value is -3.61. The molecule has 1 aliphatic rings. The van der Waals surface area contributed by atoms with E-state index < -0.39 is 0 Å². The van der Waals surface area contributed by atoms with E-state index in [-0.39, 0.29) is 5.82 Å². The van der Waals surface area contributed by atoms with Gasteiger partial charge in [0.15, 0.2) is 5.82 Å². The Morgan fingerprint density at radius 3 is 2.73 bits per heavy atom. The lowest BCUT2D eigenvalue weighted by atomic mass is 10.2. The van der Waals surface area contributed by atoms with Crippen LogP contribution < -0.4 is 15.6 Å². The minimum absolute atomic E-state index is 0.319. The van der Waals surface area contributed by atoms with Crippen LogP contribution in [0, 0.1) is 5.82 Å². The molecular formula is C19H15FN6. The number of para-hydroxylation sites is 2. The number of nitrogens with zero attached hydrogens (tertiary/aromatic N) is 4. The number of benzene rings is 2. The zero-order valence-electron chi connectivity index (χ0n) is 13.7. The first-order chi connectivity index (χ1) is 12.8. The lowest BCUT2D eigenvalue weighted by Gasteiger charge is -2.17. The van der Waals surface area contributed by atoms with Gasteiger partial charge in [0.05, 0.1) is 22.4 Å². The van der Waals surface area contributed by atoms with E-state index >= 15 is 0 Å². The minimum atomic E-state index is -0.319. The summed E-state index contributed by atoms with van der Waals surface area (Å²) in [5.74, 6) is 0.275. The molecule has 0 radical (unpaired) electrons. The molecule has 2 aromatic carbocycles. The number of rotatable bonds is 3. The van der Waals surface area contributed by atoms with E-state index in [1.54, 1.807) is 24.5 Å². The van der Waals surface area contributed by atoms with Crippen LogP contribution in [0.15, 0.2) is 65.9 Å². The molecule has 1 aliphatic heterocycles. The summed E-state index contributed by atoms with van der Waals surface area (Å²) in [4.78, 5) is 4.81. The second kappa shape index (κ2) is 5.73. The molecule has 0 fully saturated rings. The summed E-state index contributed by atoms with van der Waals surface area (Å²) in [6.45, 7) is 0.584. The number of hydrogen-bond acceptors (Lipinski definition) is 5. The highest BCUT2D eigenvalue weighted by Crippen LogP contribution is 2.31. The molecule has 6 nitrogen and oxygen atoms in total. The van der Waals surface area contributed by atoms with Gasteiger partial charge in [-0.1, -0.05) is 18.2 Å². The van der Waals surface area contributed by atoms with Crippen molar-refractivity contribution in [1.29, 1.82) is 0 Å². The summed E-state index contributed by atoms with van der Waals surface area (Å²) in [7, 11) is 0. The third kappa shape index (κ3) is 2.25. The fraction of sp³-hybridized carbons (Fsp3) is 0.0526. The summed E-state index contributed by atoms with van der Waals surface area (Å²) in [5.41, 5.74) is 3.90. The Labute approximate surface area is 148 Å². The van der Waals surface area contributed by atoms with Crippen molar-refractivity contribution in [2.45, 2.75) is 0 Å². The summed E-state index contributed by atoms with van der Waals surface area (Å²) >= 11 is 0. The molecule has 0 saturated carbocycles. The van der Waals surface area contributed by atoms with Crippen LogP contribution >= 0.6 is 0 Å². The molecule has 0 amide bonds. The van der Waals surface area contributed by atoms with Crippen molar-refractivity contribution < 1.29 is 4.39 Å². The second-order valence-electron chi connectivity index (χ2n) is 5.98. The molecule has 3 heterocycles. The van der Waals surface area contributed by atoms with E-state index in [1.165, 1.54) is 6.07 Å². The molecule has 26 heavy (non-hydrogen) atoms. The number of anilines is 3. The molecule has 5 rings (SSSR count). The van der Waals surface area contributed by atoms with E-state index in [2.05, 4.69) is 15.7 Å². The van der Waals surface area contributed by atoms with Crippen LogP contribution in [0.1, 0.15) is 0 Å². The van der Waals surface area contributed by atoms with Gasteiger partial charge in [-0.05, 0) is 36.4 Å². The Balaban J connectivity index is 1.74. The highest BCUT2D eigenvalue weighted by molar-refractivity contribution is 5.94. The van der Waals surface area contributed by atoms with Gasteiger partial charge in [-0.15, -0.1) is 0 Å². The van der Waals surface area contributed by atoms with Crippen LogP contribution in [-0.4, -0.2) is 22.4 Å². The summed E-state index contributed by atoms with van der Waals surface area (Å²) < 4.78 is 16.2. The Bertz CT molecular complexity index is 1150. The first kappa shape index (κ1) is 14.7. The maximum absolute atomic E-state index is 14.1. The van der Waals surface area contributed by atoms with E-state index in [0.29, 0.717) is 18.2 Å². The number of hydrazone groups is 1. The second-order valence-corrected chi connectivity index (χ2v) is 5.98. The van der Waals surface area contributed by atoms with Gasteiger partial charge in [-0.3, -0.25) is 0 Å². The molecule has 128 valence electrons. The Morgan fingerprint density at radius 1 is 1.00 bits per heavy atom. The first-order valence-electron chi connectivity index (χ1n) is 8.26. The molecule has 4 aromatic rings. The van der Waals surface area contributed by atoms with E-state index in [1.807, 2.05) is 45.9 Å². The molecule has 2 N–H and O–H groups in total. The maximum Gasteiger partial charge on any atom is 0.155 e. The van der Waals surface area contributed by atoms with Gasteiger partial charge in [0.1, 0.15) is 24.3 Å². The average Bonchev–Trinajstić information content (AvgIpc) is 3.35. The summed E-state index contributed by atoms with van der Waals surface area (Å²) in [6.07, 6.45) is 3.63. The third-order valence-electron chi connectivity index (χ3n) is 4.40. The minimum Gasteiger partial charge on any atom is -0.356 e. The largest absolute Gasteiger partial charge is 0.356 e. The lowest BCUT2D eigenvalue weighted by Crippen LogP contribution is -2.20. The van der Waals surface area contributed by atoms with Gasteiger partial charge in [-0.2, -0.15) is 5.10 Å². The number of nitrogens with one attached hydrogen (secondary N) is 2. The molecule has 2 aromatic heterocycles. The van der Waals surface area contributed by atoms with Gasteiger partial charge in [0.25, 0.3) is 0 Å². The SMILES string of the molecule is Fc1ccccc1Nc1nc2c(N3CNC=N3)cccc2n2cccc12. The Kier molecular flexibility index (Phi) is 3.24. The fourth-order valence-electron chi connectivity index (χ4n) is 3.20. The van der Waals surface area contributed by atoms with Crippen molar-refractivity contribution in [3.05, 3.63) is 66.6 Å². The van der Waals surface area contributed by atoms with Crippen LogP contribution in [0.2, 0.25) is 0 Å². The molecular weight excluding hydrogens is 331 g/mol. The van der Waals surface area contributed by atoms with Crippen LogP contribution in [0.5, 0.6) is 0 Å². The number of halogens is 1. The highest BCUT2D eigenvalue weighted by atomic mass is 19.1. The van der Waals surface area contributed by atoms with E-state index in [9.17, 15) is 4.39 Å². The van der Waals surface area contributed by atoms with Gasteiger partial charge < -0.3 is 15.0 Å². The molecule has 0 saturated heterocycles. The van der Waals surface area contributed by atoms with Crippen molar-refractivity contribution in [2.24, 2.45) is 5.10 Å². The predicted molar refractivity (Wildman–Crippen MR) is 101 cm³/mol. The van der Waals surface area contributed by atoms with Crippen LogP contribution in [0.4, 0.5) is 21.6 Å². The average molecular weight is 346 g/mol. The summed E-state index contributed by atoms with van der Waals surface area (Å²) in [5, 5.41) is 12.4. The normalized spacial score (nSPS) is 13.5. The molecule has 0 spiro atoms. The third-order valence-corrected chi connectivity index (χ3v) is 4.40. The number of fused-ring (bicyclic) bond motifs is 3. The fourth-order valence-corrected chi connectivity index (χ4v) is 3.20. The van der Waals surface area contributed by atoms with Gasteiger partial charge in [0.2, 0.25) is 0 Å². The van der Waals surface area contributed by atoms with Crippen molar-refractivity contribution in [2.75, 3.05) is 17.0 Å². The van der Waals surface area contributed by atoms with Gasteiger partial charge >= 0.3 is 0 Å². The van der Waals surface area contributed by atoms with Crippen LogP contribution in [0.25, 0.3) is 16.6 Å².